The Morgan fingerprint density at radius 3 is 2.29 bits per heavy atom. The van der Waals surface area contributed by atoms with Crippen molar-refractivity contribution < 1.29 is 68.2 Å². The number of urea groups is 1. The zero-order chi connectivity index (χ0) is 50.6. The fourth-order valence-electron chi connectivity index (χ4n) is 10.3. The van der Waals surface area contributed by atoms with E-state index in [2.05, 4.69) is 0 Å². The minimum absolute atomic E-state index is 0.0130. The van der Waals surface area contributed by atoms with Crippen LogP contribution in [0, 0.1) is 35.5 Å². The second kappa shape index (κ2) is 25.7. The van der Waals surface area contributed by atoms with E-state index in [0.29, 0.717) is 67.6 Å². The van der Waals surface area contributed by atoms with Crippen LogP contribution in [0.15, 0.2) is 47.6 Å². The van der Waals surface area contributed by atoms with Gasteiger partial charge in [0.25, 0.3) is 11.7 Å². The number of hydrogen-bond acceptors (Lipinski definition) is 14. The van der Waals surface area contributed by atoms with Gasteiger partial charge in [0.1, 0.15) is 30.1 Å². The van der Waals surface area contributed by atoms with Crippen LogP contribution in [0.2, 0.25) is 0 Å². The van der Waals surface area contributed by atoms with Gasteiger partial charge in [0, 0.05) is 51.4 Å². The highest BCUT2D eigenvalue weighted by atomic mass is 16.6. The number of aliphatic hydroxyl groups excluding tert-OH is 2. The zero-order valence-electron chi connectivity index (χ0n) is 41.6. The maximum atomic E-state index is 14.4. The molecule has 382 valence electrons. The van der Waals surface area contributed by atoms with E-state index in [9.17, 15) is 49.3 Å². The van der Waals surface area contributed by atoms with Gasteiger partial charge in [0.15, 0.2) is 5.78 Å². The summed E-state index contributed by atoms with van der Waals surface area (Å²) in [7, 11) is 2.89. The van der Waals surface area contributed by atoms with E-state index in [4.69, 9.17) is 24.7 Å². The van der Waals surface area contributed by atoms with Gasteiger partial charge < -0.3 is 44.9 Å². The first-order valence-electron chi connectivity index (χ1n) is 24.5. The molecule has 17 heteroatoms. The number of amides is 3. The van der Waals surface area contributed by atoms with Crippen LogP contribution in [-0.4, -0.2) is 141 Å². The molecule has 0 radical (unpaired) electrons. The van der Waals surface area contributed by atoms with Gasteiger partial charge in [-0.3, -0.25) is 24.4 Å². The van der Waals surface area contributed by atoms with Crippen molar-refractivity contribution in [1.29, 1.82) is 0 Å². The lowest BCUT2D eigenvalue weighted by molar-refractivity contribution is -0.266. The Labute approximate surface area is 402 Å². The molecule has 2 bridgehead atoms. The van der Waals surface area contributed by atoms with Crippen molar-refractivity contribution in [1.82, 2.24) is 9.96 Å². The highest BCUT2D eigenvalue weighted by Gasteiger charge is 2.53. The Morgan fingerprint density at radius 2 is 1.63 bits per heavy atom. The number of primary amides is 1. The summed E-state index contributed by atoms with van der Waals surface area (Å²) in [5, 5.41) is 45.1. The number of methoxy groups -OCH3 is 2. The number of carbonyl (C=O) groups excluding carboxylic acids is 6. The van der Waals surface area contributed by atoms with Gasteiger partial charge in [-0.15, -0.1) is 0 Å². The van der Waals surface area contributed by atoms with Crippen LogP contribution < -0.4 is 5.73 Å². The number of ether oxygens (including phenoxy) is 4. The number of nitrogens with two attached hydrogens (primary N) is 1. The molecule has 68 heavy (non-hydrogen) atoms. The van der Waals surface area contributed by atoms with E-state index in [-0.39, 0.29) is 67.7 Å². The Kier molecular flexibility index (Phi) is 21.3. The average Bonchev–Trinajstić information content (AvgIpc) is 3.30. The monoisotopic (exact) mass is 958 g/mol. The highest BCUT2D eigenvalue weighted by molar-refractivity contribution is 6.39. The molecule has 1 saturated carbocycles. The van der Waals surface area contributed by atoms with Crippen molar-refractivity contribution in [2.75, 3.05) is 20.8 Å². The Morgan fingerprint density at radius 1 is 0.926 bits per heavy atom. The summed E-state index contributed by atoms with van der Waals surface area (Å²) >= 11 is 0. The molecule has 1 aliphatic carbocycles. The molecular weight excluding hydrogens is 879 g/mol. The Hall–Kier alpha value is -4.10. The lowest BCUT2D eigenvalue weighted by Crippen LogP contribution is -2.61. The SMILES string of the molecule is CO[C@@H]1C[C@H](C[C@@H](C)[C@@H]2CC(=O)[C@H](C)/C=C(\C)[C@@H](O)[C@@H](OC)C(=O)[C@H](C)C[C@H](C)/C=C/C=C/C=C(\C)[C@@H](N(O)C(N)=O)C[C@@H]3CC[C@@H](C)[C@@](O)(O3)C(=O)C(=O)N3CCCC[C@H]3C(=O)O2)CC[C@H]1O. The molecule has 0 aromatic heterocycles. The number of carbonyl (C=O) groups is 6. The Balaban J connectivity index is 1.74. The maximum absolute atomic E-state index is 14.4. The number of fused-ring (bicyclic) bond motifs is 3. The third kappa shape index (κ3) is 14.5. The predicted octanol–water partition coefficient (Wildman–Crippen LogP) is 5.30. The van der Waals surface area contributed by atoms with E-state index in [1.165, 1.54) is 7.11 Å². The third-order valence-corrected chi connectivity index (χ3v) is 14.7. The minimum Gasteiger partial charge on any atom is -0.460 e. The van der Waals surface area contributed by atoms with E-state index in [0.717, 1.165) is 4.90 Å². The van der Waals surface area contributed by atoms with Gasteiger partial charge in [-0.1, -0.05) is 71.1 Å². The number of hydroxylamine groups is 2. The quantitative estimate of drug-likeness (QED) is 0.0745. The number of aliphatic hydroxyl groups is 3. The number of allylic oxidation sites excluding steroid dienone is 6. The van der Waals surface area contributed by atoms with E-state index < -0.39 is 89.8 Å². The molecule has 3 amide bonds. The van der Waals surface area contributed by atoms with E-state index >= 15 is 0 Å². The predicted molar refractivity (Wildman–Crippen MR) is 251 cm³/mol. The number of nitrogens with zero attached hydrogens (tertiary/aromatic N) is 2. The van der Waals surface area contributed by atoms with Crippen LogP contribution in [0.5, 0.6) is 0 Å². The third-order valence-electron chi connectivity index (χ3n) is 14.7. The largest absolute Gasteiger partial charge is 0.460 e. The molecule has 3 fully saturated rings. The fraction of sp³-hybridized carbons (Fsp3) is 0.725. The summed E-state index contributed by atoms with van der Waals surface area (Å²) in [6.07, 6.45) is 9.06. The molecule has 4 aliphatic rings. The van der Waals surface area contributed by atoms with E-state index in [1.807, 2.05) is 19.9 Å². The van der Waals surface area contributed by atoms with Gasteiger partial charge in [-0.2, -0.15) is 5.06 Å². The van der Waals surface area contributed by atoms with Crippen LogP contribution in [0.3, 0.4) is 0 Å². The fourth-order valence-corrected chi connectivity index (χ4v) is 10.3. The minimum atomic E-state index is -2.61. The molecule has 0 spiro atoms. The Bertz CT molecular complexity index is 1900. The van der Waals surface area contributed by atoms with Gasteiger partial charge in [0.05, 0.1) is 24.4 Å². The lowest BCUT2D eigenvalue weighted by Gasteiger charge is -2.43. The van der Waals surface area contributed by atoms with Crippen molar-refractivity contribution in [3.8, 4) is 0 Å². The van der Waals surface area contributed by atoms with Crippen LogP contribution in [0.25, 0.3) is 0 Å². The molecule has 0 aromatic carbocycles. The number of rotatable bonds is 6. The van der Waals surface area contributed by atoms with Crippen LogP contribution in [-0.2, 0) is 42.9 Å². The first kappa shape index (κ1) is 56.5. The highest BCUT2D eigenvalue weighted by Crippen LogP contribution is 2.38. The summed E-state index contributed by atoms with van der Waals surface area (Å²) in [6, 6.07) is -3.40. The first-order chi connectivity index (χ1) is 32.0. The molecule has 4 rings (SSSR count). The number of cyclic esters (lactones) is 1. The van der Waals surface area contributed by atoms with Gasteiger partial charge >= 0.3 is 12.0 Å². The second-order valence-corrected chi connectivity index (χ2v) is 20.1. The topological polar surface area (TPSA) is 253 Å². The van der Waals surface area contributed by atoms with Crippen LogP contribution >= 0.6 is 0 Å². The van der Waals surface area contributed by atoms with Gasteiger partial charge in [-0.05, 0) is 107 Å². The molecule has 2 saturated heterocycles. The molecular formula is C51H79N3O14. The number of piperidine rings is 1. The first-order valence-corrected chi connectivity index (χ1v) is 24.5. The molecule has 15 atom stereocenters. The van der Waals surface area contributed by atoms with Gasteiger partial charge in [-0.25, -0.2) is 9.59 Å². The summed E-state index contributed by atoms with van der Waals surface area (Å²) < 4.78 is 23.4. The molecule has 0 aromatic rings. The average molecular weight is 958 g/mol. The number of ketones is 3. The van der Waals surface area contributed by atoms with Crippen LogP contribution in [0.4, 0.5) is 4.79 Å². The zero-order valence-corrected chi connectivity index (χ0v) is 41.6. The van der Waals surface area contributed by atoms with Crippen molar-refractivity contribution in [2.45, 2.75) is 180 Å². The summed E-state index contributed by atoms with van der Waals surface area (Å²) in [5.74, 6) is -8.93. The normalized spacial score (nSPS) is 39.0. The number of hydrogen-bond donors (Lipinski definition) is 5. The van der Waals surface area contributed by atoms with Crippen LogP contribution in [0.1, 0.15) is 126 Å². The second-order valence-electron chi connectivity index (χ2n) is 20.1. The van der Waals surface area contributed by atoms with Crippen molar-refractivity contribution in [3.63, 3.8) is 0 Å². The van der Waals surface area contributed by atoms with Gasteiger partial charge in [0.2, 0.25) is 5.79 Å². The van der Waals surface area contributed by atoms with Crippen molar-refractivity contribution in [2.24, 2.45) is 41.2 Å². The standard InChI is InChI=1S/C51H79N3O14/c1-29-15-11-10-12-16-30(2)39(54(64)50(52)62)27-37-20-18-35(7)51(63,68-37)47(59)48(60)53-22-14-13-17-38(53)49(61)67-42(32(4)25-36-19-21-40(55)43(26-36)65-8)28-41(56)31(3)24-34(6)45(58)46(66-9)44(57)33(5)23-29/h10-12,15-16,24,29,31-33,35-40,42-43,45-46,55,58,63-64H,13-14,17-23,25-28H2,1-9H3,(H2,52,62)/b12-10+,15-11+,30-16+,34-24+/t29-,31-,32-,33-,35-,36+,37+,38+,39+,40-,42+,43-,45-,46+,51-/m1/s1. The van der Waals surface area contributed by atoms with Crippen molar-refractivity contribution >= 4 is 35.3 Å². The molecule has 0 unspecified atom stereocenters. The molecule has 3 aliphatic heterocycles. The van der Waals surface area contributed by atoms with Crippen molar-refractivity contribution in [3.05, 3.63) is 47.6 Å². The number of Topliss-reactive ketones (excluding diaryl/α,β-unsaturated/α-hetero) is 3. The summed E-state index contributed by atoms with van der Waals surface area (Å²) in [5.41, 5.74) is 6.34. The molecule has 3 heterocycles. The molecule has 6 N–H and O–H groups in total. The lowest BCUT2D eigenvalue weighted by atomic mass is 9.78. The smallest absolute Gasteiger partial charge is 0.339 e. The number of esters is 1. The molecule has 17 nitrogen and oxygen atoms in total. The summed E-state index contributed by atoms with van der Waals surface area (Å²) in [6.45, 7) is 12.1. The van der Waals surface area contributed by atoms with E-state index in [1.54, 1.807) is 72.1 Å². The maximum Gasteiger partial charge on any atom is 0.339 e. The summed E-state index contributed by atoms with van der Waals surface area (Å²) in [4.78, 5) is 84.2.